The lowest BCUT2D eigenvalue weighted by Crippen LogP contribution is -2.42. The van der Waals surface area contributed by atoms with Gasteiger partial charge in [0.25, 0.3) is 0 Å². The van der Waals surface area contributed by atoms with Gasteiger partial charge in [-0.25, -0.2) is 13.1 Å². The summed E-state index contributed by atoms with van der Waals surface area (Å²) in [5.74, 6) is 2.85. The van der Waals surface area contributed by atoms with Crippen LogP contribution < -0.4 is 4.72 Å². The molecular weight excluding hydrogens is 380 g/mol. The van der Waals surface area contributed by atoms with E-state index in [0.717, 1.165) is 30.4 Å². The van der Waals surface area contributed by atoms with Gasteiger partial charge in [0, 0.05) is 36.2 Å². The Kier molecular flexibility index (Phi) is 6.12. The van der Waals surface area contributed by atoms with E-state index in [1.807, 2.05) is 23.9 Å². The monoisotopic (exact) mass is 400 g/mol. The van der Waals surface area contributed by atoms with Crippen molar-refractivity contribution in [3.8, 4) is 0 Å². The zero-order valence-corrected chi connectivity index (χ0v) is 16.3. The number of thioether (sulfide) groups is 1. The Balaban J connectivity index is 1.79. The van der Waals surface area contributed by atoms with Crippen LogP contribution in [0.2, 0.25) is 5.02 Å². The fraction of sp³-hybridized carbons (Fsp3) is 0.412. The molecule has 136 valence electrons. The van der Waals surface area contributed by atoms with Crippen LogP contribution in [0.1, 0.15) is 17.4 Å². The number of hydrogen-bond donors (Lipinski definition) is 1. The number of sulfonamides is 1. The Morgan fingerprint density at radius 2 is 2.04 bits per heavy atom. The zero-order chi connectivity index (χ0) is 17.9. The van der Waals surface area contributed by atoms with Crippen molar-refractivity contribution in [2.24, 2.45) is 0 Å². The molecule has 1 saturated heterocycles. The second kappa shape index (κ2) is 8.14. The number of nitrogens with zero attached hydrogens (tertiary/aromatic N) is 1. The van der Waals surface area contributed by atoms with Crippen molar-refractivity contribution in [1.29, 1.82) is 0 Å². The smallest absolute Gasteiger partial charge is 0.240 e. The van der Waals surface area contributed by atoms with Crippen LogP contribution in [0.5, 0.6) is 0 Å². The molecule has 0 bridgehead atoms. The second-order valence-corrected chi connectivity index (χ2v) is 9.26. The van der Waals surface area contributed by atoms with E-state index in [9.17, 15) is 8.42 Å². The molecule has 0 radical (unpaired) electrons. The van der Waals surface area contributed by atoms with Gasteiger partial charge >= 0.3 is 0 Å². The first-order chi connectivity index (χ1) is 12.0. The van der Waals surface area contributed by atoms with Crippen molar-refractivity contribution in [3.63, 3.8) is 0 Å². The van der Waals surface area contributed by atoms with Gasteiger partial charge in [-0.2, -0.15) is 11.8 Å². The summed E-state index contributed by atoms with van der Waals surface area (Å²) < 4.78 is 33.8. The third kappa shape index (κ3) is 4.41. The molecule has 0 amide bonds. The molecule has 2 aromatic rings. The molecule has 1 atom stereocenters. The van der Waals surface area contributed by atoms with Gasteiger partial charge in [0.2, 0.25) is 10.0 Å². The Hall–Kier alpha value is -0.990. The highest BCUT2D eigenvalue weighted by Crippen LogP contribution is 2.26. The van der Waals surface area contributed by atoms with Crippen LogP contribution >= 0.6 is 23.4 Å². The van der Waals surface area contributed by atoms with Crippen LogP contribution in [-0.4, -0.2) is 44.5 Å². The maximum atomic E-state index is 12.7. The van der Waals surface area contributed by atoms with Crippen molar-refractivity contribution >= 4 is 33.4 Å². The van der Waals surface area contributed by atoms with E-state index < -0.39 is 10.0 Å². The van der Waals surface area contributed by atoms with Crippen molar-refractivity contribution in [2.75, 3.05) is 31.1 Å². The van der Waals surface area contributed by atoms with Crippen molar-refractivity contribution in [2.45, 2.75) is 17.9 Å². The molecule has 2 heterocycles. The molecule has 1 aliphatic heterocycles. The average molecular weight is 401 g/mol. The summed E-state index contributed by atoms with van der Waals surface area (Å²) in [7, 11) is -3.65. The Morgan fingerprint density at radius 3 is 2.72 bits per heavy atom. The Labute approximate surface area is 157 Å². The maximum Gasteiger partial charge on any atom is 0.240 e. The summed E-state index contributed by atoms with van der Waals surface area (Å²) in [5, 5.41) is 0.443. The largest absolute Gasteiger partial charge is 0.468 e. The first kappa shape index (κ1) is 18.8. The normalized spacial score (nSPS) is 17.5. The summed E-state index contributed by atoms with van der Waals surface area (Å²) in [6, 6.07) is 8.51. The van der Waals surface area contributed by atoms with Crippen molar-refractivity contribution < 1.29 is 12.8 Å². The predicted octanol–water partition coefficient (Wildman–Crippen LogP) is 3.31. The fourth-order valence-corrected chi connectivity index (χ4v) is 5.39. The number of benzene rings is 1. The lowest BCUT2D eigenvalue weighted by atomic mass is 10.2. The molecule has 0 unspecified atom stereocenters. The van der Waals surface area contributed by atoms with Gasteiger partial charge in [0.1, 0.15) is 5.76 Å². The molecule has 0 saturated carbocycles. The molecule has 25 heavy (non-hydrogen) atoms. The summed E-state index contributed by atoms with van der Waals surface area (Å²) in [5.41, 5.74) is 0.556. The summed E-state index contributed by atoms with van der Waals surface area (Å²) in [4.78, 5) is 2.48. The molecule has 1 N–H and O–H groups in total. The quantitative estimate of drug-likeness (QED) is 0.805. The molecule has 1 fully saturated rings. The first-order valence-electron chi connectivity index (χ1n) is 8.09. The van der Waals surface area contributed by atoms with Gasteiger partial charge in [-0.15, -0.1) is 0 Å². The van der Waals surface area contributed by atoms with E-state index in [2.05, 4.69) is 9.62 Å². The highest BCUT2D eigenvalue weighted by Gasteiger charge is 2.27. The average Bonchev–Trinajstić information content (AvgIpc) is 3.12. The lowest BCUT2D eigenvalue weighted by molar-refractivity contribution is 0.193. The molecule has 1 aliphatic rings. The summed E-state index contributed by atoms with van der Waals surface area (Å²) in [6.45, 7) is 3.79. The van der Waals surface area contributed by atoms with Gasteiger partial charge in [-0.05, 0) is 36.8 Å². The molecule has 0 aliphatic carbocycles. The highest BCUT2D eigenvalue weighted by molar-refractivity contribution is 7.99. The van der Waals surface area contributed by atoms with Crippen LogP contribution in [-0.2, 0) is 10.0 Å². The maximum absolute atomic E-state index is 12.7. The van der Waals surface area contributed by atoms with Crippen molar-refractivity contribution in [1.82, 2.24) is 9.62 Å². The first-order valence-corrected chi connectivity index (χ1v) is 11.1. The van der Waals surface area contributed by atoms with Crippen LogP contribution in [0.25, 0.3) is 0 Å². The molecule has 1 aromatic carbocycles. The minimum atomic E-state index is -3.65. The fourth-order valence-electron chi connectivity index (χ4n) is 2.92. The van der Waals surface area contributed by atoms with E-state index >= 15 is 0 Å². The van der Waals surface area contributed by atoms with E-state index in [4.69, 9.17) is 16.0 Å². The standard InChI is InChI=1S/C17H21ClN2O3S2/c1-13-14(18)4-2-6-17(13)25(21,22)19-12-15(16-5-3-9-23-16)20-7-10-24-11-8-20/h2-6,9,15,19H,7-8,10-12H2,1H3/t15-/m1/s1. The van der Waals surface area contributed by atoms with Crippen LogP contribution in [0.3, 0.4) is 0 Å². The second-order valence-electron chi connectivity index (χ2n) is 5.89. The van der Waals surface area contributed by atoms with Gasteiger partial charge in [-0.3, -0.25) is 4.90 Å². The van der Waals surface area contributed by atoms with Gasteiger partial charge in [0.15, 0.2) is 0 Å². The van der Waals surface area contributed by atoms with E-state index in [-0.39, 0.29) is 17.5 Å². The number of rotatable bonds is 6. The Morgan fingerprint density at radius 1 is 1.28 bits per heavy atom. The third-order valence-corrected chi connectivity index (χ3v) is 7.25. The molecule has 8 heteroatoms. The number of nitrogens with one attached hydrogen (secondary N) is 1. The summed E-state index contributed by atoms with van der Waals surface area (Å²) in [6.07, 6.45) is 1.62. The van der Waals surface area contributed by atoms with Gasteiger partial charge in [0.05, 0.1) is 17.2 Å². The molecule has 3 rings (SSSR count). The highest BCUT2D eigenvalue weighted by atomic mass is 35.5. The van der Waals surface area contributed by atoms with Gasteiger partial charge < -0.3 is 4.42 Å². The SMILES string of the molecule is Cc1c(Cl)cccc1S(=O)(=O)NC[C@H](c1ccco1)N1CCSCC1. The van der Waals surface area contributed by atoms with E-state index in [0.29, 0.717) is 10.6 Å². The minimum Gasteiger partial charge on any atom is -0.468 e. The van der Waals surface area contributed by atoms with Crippen LogP contribution in [0, 0.1) is 6.92 Å². The van der Waals surface area contributed by atoms with E-state index in [1.165, 1.54) is 0 Å². The predicted molar refractivity (Wildman–Crippen MR) is 102 cm³/mol. The van der Waals surface area contributed by atoms with Gasteiger partial charge in [-0.1, -0.05) is 17.7 Å². The van der Waals surface area contributed by atoms with Crippen LogP contribution in [0.4, 0.5) is 0 Å². The minimum absolute atomic E-state index is 0.120. The van der Waals surface area contributed by atoms with Crippen LogP contribution in [0.15, 0.2) is 45.9 Å². The lowest BCUT2D eigenvalue weighted by Gasteiger charge is -2.33. The number of hydrogen-bond acceptors (Lipinski definition) is 5. The molecular formula is C17H21ClN2O3S2. The third-order valence-electron chi connectivity index (χ3n) is 4.33. The van der Waals surface area contributed by atoms with Crippen molar-refractivity contribution in [3.05, 3.63) is 52.9 Å². The summed E-state index contributed by atoms with van der Waals surface area (Å²) >= 11 is 7.98. The number of halogens is 1. The zero-order valence-electron chi connectivity index (χ0n) is 13.9. The Bertz CT molecular complexity index is 803. The molecule has 5 nitrogen and oxygen atoms in total. The molecule has 0 spiro atoms. The molecule has 1 aromatic heterocycles. The topological polar surface area (TPSA) is 62.6 Å². The number of furan rings is 1. The van der Waals surface area contributed by atoms with E-state index in [1.54, 1.807) is 31.4 Å².